The van der Waals surface area contributed by atoms with Gasteiger partial charge in [-0.1, -0.05) is 26.2 Å². The van der Waals surface area contributed by atoms with E-state index in [1.54, 1.807) is 0 Å². The van der Waals surface area contributed by atoms with Gasteiger partial charge in [0.05, 0.1) is 0 Å². The van der Waals surface area contributed by atoms with Crippen molar-refractivity contribution >= 4 is 18.3 Å². The van der Waals surface area contributed by atoms with Crippen LogP contribution in [0, 0.1) is 11.8 Å². The van der Waals surface area contributed by atoms with E-state index in [2.05, 4.69) is 6.92 Å². The van der Waals surface area contributed by atoms with Crippen LogP contribution in [0.4, 0.5) is 0 Å². The van der Waals surface area contributed by atoms with E-state index in [1.165, 1.54) is 32.1 Å². The highest BCUT2D eigenvalue weighted by atomic mass is 35.5. The molecular weight excluding hydrogens is 248 g/mol. The molecule has 1 aliphatic heterocycles. The van der Waals surface area contributed by atoms with Gasteiger partial charge in [-0.25, -0.2) is 0 Å². The summed E-state index contributed by atoms with van der Waals surface area (Å²) in [4.78, 5) is 14.2. The Kier molecular flexibility index (Phi) is 6.44. The molecule has 1 amide bonds. The van der Waals surface area contributed by atoms with Gasteiger partial charge in [-0.05, 0) is 31.1 Å². The van der Waals surface area contributed by atoms with Crippen molar-refractivity contribution in [3.05, 3.63) is 0 Å². The van der Waals surface area contributed by atoms with Gasteiger partial charge in [0.2, 0.25) is 5.91 Å². The third kappa shape index (κ3) is 4.13. The summed E-state index contributed by atoms with van der Waals surface area (Å²) in [5, 5.41) is 0. The van der Waals surface area contributed by atoms with Crippen LogP contribution in [0.1, 0.15) is 51.9 Å². The average molecular weight is 275 g/mol. The van der Waals surface area contributed by atoms with Gasteiger partial charge in [0.25, 0.3) is 0 Å². The lowest BCUT2D eigenvalue weighted by Crippen LogP contribution is -2.48. The van der Waals surface area contributed by atoms with Crippen LogP contribution in [0.5, 0.6) is 0 Å². The quantitative estimate of drug-likeness (QED) is 0.841. The topological polar surface area (TPSA) is 46.3 Å². The Hall–Kier alpha value is -0.280. The fourth-order valence-electron chi connectivity index (χ4n) is 3.16. The number of rotatable bonds is 2. The van der Waals surface area contributed by atoms with Crippen molar-refractivity contribution in [1.29, 1.82) is 0 Å². The Bertz CT molecular complexity index is 267. The molecule has 0 spiro atoms. The fourth-order valence-corrected chi connectivity index (χ4v) is 3.16. The van der Waals surface area contributed by atoms with Gasteiger partial charge in [-0.3, -0.25) is 4.79 Å². The van der Waals surface area contributed by atoms with Crippen LogP contribution in [0.25, 0.3) is 0 Å². The van der Waals surface area contributed by atoms with Gasteiger partial charge in [0.1, 0.15) is 0 Å². The second-order valence-electron chi connectivity index (χ2n) is 5.98. The molecule has 1 saturated carbocycles. The van der Waals surface area contributed by atoms with Crippen LogP contribution in [-0.2, 0) is 4.79 Å². The van der Waals surface area contributed by atoms with Crippen molar-refractivity contribution in [2.75, 3.05) is 13.1 Å². The first-order valence-electron chi connectivity index (χ1n) is 7.20. The zero-order valence-electron chi connectivity index (χ0n) is 11.4. The number of carbonyl (C=O) groups excluding carboxylic acids is 1. The molecule has 2 aliphatic rings. The molecule has 2 unspecified atom stereocenters. The molecule has 106 valence electrons. The lowest BCUT2D eigenvalue weighted by Gasteiger charge is -2.36. The van der Waals surface area contributed by atoms with E-state index >= 15 is 0 Å². The standard InChI is InChI=1S/C14H26N2O.ClH/c1-11-10-16(8-7-13(11)15)14(17)9-12-5-3-2-4-6-12;/h11-13H,2-10,15H2,1H3;1H. The highest BCUT2D eigenvalue weighted by molar-refractivity contribution is 5.85. The van der Waals surface area contributed by atoms with E-state index in [9.17, 15) is 4.79 Å². The maximum absolute atomic E-state index is 12.2. The summed E-state index contributed by atoms with van der Waals surface area (Å²) in [6.45, 7) is 3.90. The number of amides is 1. The lowest BCUT2D eigenvalue weighted by atomic mass is 9.86. The minimum absolute atomic E-state index is 0. The Morgan fingerprint density at radius 1 is 1.22 bits per heavy atom. The number of hydrogen-bond acceptors (Lipinski definition) is 2. The van der Waals surface area contributed by atoms with E-state index < -0.39 is 0 Å². The number of piperidine rings is 1. The molecule has 0 aromatic heterocycles. The van der Waals surface area contributed by atoms with Gasteiger partial charge < -0.3 is 10.6 Å². The number of carbonyl (C=O) groups is 1. The van der Waals surface area contributed by atoms with Gasteiger partial charge in [-0.2, -0.15) is 0 Å². The zero-order valence-corrected chi connectivity index (χ0v) is 12.3. The Morgan fingerprint density at radius 3 is 2.50 bits per heavy atom. The molecule has 18 heavy (non-hydrogen) atoms. The van der Waals surface area contributed by atoms with Crippen molar-refractivity contribution < 1.29 is 4.79 Å². The van der Waals surface area contributed by atoms with Crippen LogP contribution in [0.15, 0.2) is 0 Å². The van der Waals surface area contributed by atoms with Gasteiger partial charge in [0.15, 0.2) is 0 Å². The van der Waals surface area contributed by atoms with E-state index in [0.29, 0.717) is 17.7 Å². The van der Waals surface area contributed by atoms with E-state index in [-0.39, 0.29) is 18.4 Å². The SMILES string of the molecule is CC1CN(C(=O)CC2CCCCC2)CCC1N.Cl. The molecule has 2 fully saturated rings. The van der Waals surface area contributed by atoms with Crippen LogP contribution < -0.4 is 5.73 Å². The fraction of sp³-hybridized carbons (Fsp3) is 0.929. The van der Waals surface area contributed by atoms with Crippen molar-refractivity contribution in [2.24, 2.45) is 17.6 Å². The van der Waals surface area contributed by atoms with E-state index in [1.807, 2.05) is 4.90 Å². The van der Waals surface area contributed by atoms with Crippen LogP contribution >= 0.6 is 12.4 Å². The molecule has 2 rings (SSSR count). The van der Waals surface area contributed by atoms with E-state index in [4.69, 9.17) is 5.73 Å². The summed E-state index contributed by atoms with van der Waals surface area (Å²) in [5.41, 5.74) is 5.99. The van der Waals surface area contributed by atoms with Crippen LogP contribution in [0.3, 0.4) is 0 Å². The predicted octanol–water partition coefficient (Wildman–Crippen LogP) is 2.57. The lowest BCUT2D eigenvalue weighted by molar-refractivity contribution is -0.134. The molecule has 0 aromatic carbocycles. The number of hydrogen-bond donors (Lipinski definition) is 1. The highest BCUT2D eigenvalue weighted by Gasteiger charge is 2.27. The molecule has 4 heteroatoms. The summed E-state index contributed by atoms with van der Waals surface area (Å²) in [5.74, 6) is 1.48. The first kappa shape index (κ1) is 15.8. The summed E-state index contributed by atoms with van der Waals surface area (Å²) in [6, 6.07) is 0.286. The molecule has 2 N–H and O–H groups in total. The monoisotopic (exact) mass is 274 g/mol. The normalized spacial score (nSPS) is 29.8. The van der Waals surface area contributed by atoms with E-state index in [0.717, 1.165) is 25.9 Å². The highest BCUT2D eigenvalue weighted by Crippen LogP contribution is 2.27. The number of nitrogens with two attached hydrogens (primary N) is 1. The van der Waals surface area contributed by atoms with Crippen molar-refractivity contribution in [3.63, 3.8) is 0 Å². The first-order chi connectivity index (χ1) is 8.16. The summed E-state index contributed by atoms with van der Waals surface area (Å²) in [7, 11) is 0. The average Bonchev–Trinajstić information content (AvgIpc) is 2.34. The molecule has 1 saturated heterocycles. The Balaban J connectivity index is 0.00000162. The third-order valence-corrected chi connectivity index (χ3v) is 4.51. The van der Waals surface area contributed by atoms with Crippen molar-refractivity contribution in [2.45, 2.75) is 57.9 Å². The molecular formula is C14H27ClN2O. The number of halogens is 1. The van der Waals surface area contributed by atoms with Crippen LogP contribution in [0.2, 0.25) is 0 Å². The smallest absolute Gasteiger partial charge is 0.222 e. The second-order valence-corrected chi connectivity index (χ2v) is 5.98. The molecule has 0 bridgehead atoms. The first-order valence-corrected chi connectivity index (χ1v) is 7.20. The maximum atomic E-state index is 12.2. The Morgan fingerprint density at radius 2 is 1.89 bits per heavy atom. The van der Waals surface area contributed by atoms with Gasteiger partial charge >= 0.3 is 0 Å². The molecule has 3 nitrogen and oxygen atoms in total. The molecule has 2 atom stereocenters. The minimum atomic E-state index is 0. The second kappa shape index (κ2) is 7.34. The summed E-state index contributed by atoms with van der Waals surface area (Å²) < 4.78 is 0. The van der Waals surface area contributed by atoms with Crippen LogP contribution in [-0.4, -0.2) is 29.9 Å². The Labute approximate surface area is 117 Å². The molecule has 1 aliphatic carbocycles. The van der Waals surface area contributed by atoms with Gasteiger partial charge in [0, 0.05) is 25.6 Å². The predicted molar refractivity (Wildman–Crippen MR) is 76.8 cm³/mol. The maximum Gasteiger partial charge on any atom is 0.222 e. The largest absolute Gasteiger partial charge is 0.342 e. The minimum Gasteiger partial charge on any atom is -0.342 e. The summed E-state index contributed by atoms with van der Waals surface area (Å²) in [6.07, 6.45) is 8.27. The molecule has 0 radical (unpaired) electrons. The van der Waals surface area contributed by atoms with Gasteiger partial charge in [-0.15, -0.1) is 12.4 Å². The summed E-state index contributed by atoms with van der Waals surface area (Å²) >= 11 is 0. The number of likely N-dealkylation sites (tertiary alicyclic amines) is 1. The van der Waals surface area contributed by atoms with Crippen molar-refractivity contribution in [3.8, 4) is 0 Å². The van der Waals surface area contributed by atoms with Crippen molar-refractivity contribution in [1.82, 2.24) is 4.90 Å². The number of nitrogens with zero attached hydrogens (tertiary/aromatic N) is 1. The molecule has 1 heterocycles. The zero-order chi connectivity index (χ0) is 12.3. The molecule has 0 aromatic rings. The third-order valence-electron chi connectivity index (χ3n) is 4.51.